The van der Waals surface area contributed by atoms with Crippen LogP contribution in [0.3, 0.4) is 0 Å². The summed E-state index contributed by atoms with van der Waals surface area (Å²) in [6.07, 6.45) is 1.02. The Kier molecular flexibility index (Phi) is 3.16. The second kappa shape index (κ2) is 4.40. The molecule has 1 saturated carbocycles. The van der Waals surface area contributed by atoms with Gasteiger partial charge in [0.15, 0.2) is 0 Å². The maximum Gasteiger partial charge on any atom is 0.329 e. The lowest BCUT2D eigenvalue weighted by Gasteiger charge is -2.15. The summed E-state index contributed by atoms with van der Waals surface area (Å²) in [6, 6.07) is 2.10. The van der Waals surface area contributed by atoms with Gasteiger partial charge in [-0.2, -0.15) is 0 Å². The van der Waals surface area contributed by atoms with Crippen LogP contribution >= 0.6 is 0 Å². The summed E-state index contributed by atoms with van der Waals surface area (Å²) in [6.45, 7) is 7.96. The lowest BCUT2D eigenvalue weighted by atomic mass is 10.2. The number of nitrogens with zero attached hydrogens (tertiary/aromatic N) is 1. The van der Waals surface area contributed by atoms with Crippen molar-refractivity contribution in [3.63, 3.8) is 0 Å². The van der Waals surface area contributed by atoms with Crippen molar-refractivity contribution in [1.29, 1.82) is 0 Å². The number of hydrogen-bond acceptors (Lipinski definition) is 2. The SMILES string of the molecule is Cc1cc(C(=O)NC2(C(=O)O)CC2)c(C)n1C(C)C. The highest BCUT2D eigenvalue weighted by Gasteiger charge is 2.51. The van der Waals surface area contributed by atoms with Gasteiger partial charge in [0.1, 0.15) is 5.54 Å². The Morgan fingerprint density at radius 3 is 2.32 bits per heavy atom. The molecule has 1 amide bonds. The number of hydrogen-bond donors (Lipinski definition) is 2. The third-order valence-electron chi connectivity index (χ3n) is 3.76. The molecule has 0 aromatic carbocycles. The molecule has 0 spiro atoms. The van der Waals surface area contributed by atoms with Gasteiger partial charge in [0, 0.05) is 17.4 Å². The second-order valence-electron chi connectivity index (χ2n) is 5.59. The molecule has 0 atom stereocenters. The highest BCUT2D eigenvalue weighted by molar-refractivity contribution is 6.00. The van der Waals surface area contributed by atoms with Gasteiger partial charge in [0.2, 0.25) is 0 Å². The van der Waals surface area contributed by atoms with E-state index in [-0.39, 0.29) is 11.9 Å². The van der Waals surface area contributed by atoms with Crippen molar-refractivity contribution < 1.29 is 14.7 Å². The Hall–Kier alpha value is -1.78. The predicted octanol–water partition coefficient (Wildman–Crippen LogP) is 2.03. The van der Waals surface area contributed by atoms with Gasteiger partial charge < -0.3 is 15.0 Å². The van der Waals surface area contributed by atoms with Crippen molar-refractivity contribution in [3.05, 3.63) is 23.0 Å². The molecule has 1 aromatic rings. The highest BCUT2D eigenvalue weighted by Crippen LogP contribution is 2.36. The molecule has 5 nitrogen and oxygen atoms in total. The Labute approximate surface area is 112 Å². The summed E-state index contributed by atoms with van der Waals surface area (Å²) in [4.78, 5) is 23.3. The molecule has 0 aliphatic heterocycles. The fourth-order valence-electron chi connectivity index (χ4n) is 2.60. The first-order valence-electron chi connectivity index (χ1n) is 6.53. The number of nitrogens with one attached hydrogen (secondary N) is 1. The number of aromatic nitrogens is 1. The fraction of sp³-hybridized carbons (Fsp3) is 0.571. The summed E-state index contributed by atoms with van der Waals surface area (Å²) in [5.74, 6) is -1.24. The minimum atomic E-state index is -1.03. The molecule has 0 bridgehead atoms. The third kappa shape index (κ3) is 2.25. The van der Waals surface area contributed by atoms with Crippen molar-refractivity contribution in [1.82, 2.24) is 9.88 Å². The standard InChI is InChI=1S/C14H20N2O3/c1-8(2)16-9(3)7-11(10(16)4)12(17)15-14(5-6-14)13(18)19/h7-8H,5-6H2,1-4H3,(H,15,17)(H,18,19). The summed E-state index contributed by atoms with van der Waals surface area (Å²) >= 11 is 0. The molecule has 0 saturated heterocycles. The number of carbonyl (C=O) groups is 2. The average Bonchev–Trinajstić information content (AvgIpc) is 2.99. The van der Waals surface area contributed by atoms with E-state index in [1.807, 2.05) is 19.9 Å². The van der Waals surface area contributed by atoms with E-state index >= 15 is 0 Å². The van der Waals surface area contributed by atoms with Gasteiger partial charge >= 0.3 is 5.97 Å². The normalized spacial score (nSPS) is 16.5. The van der Waals surface area contributed by atoms with Crippen molar-refractivity contribution in [2.75, 3.05) is 0 Å². The number of carbonyl (C=O) groups excluding carboxylic acids is 1. The van der Waals surface area contributed by atoms with Crippen molar-refractivity contribution >= 4 is 11.9 Å². The lowest BCUT2D eigenvalue weighted by molar-refractivity contribution is -0.140. The summed E-state index contributed by atoms with van der Waals surface area (Å²) < 4.78 is 2.08. The number of aliphatic carboxylic acids is 1. The second-order valence-corrected chi connectivity index (χ2v) is 5.59. The monoisotopic (exact) mass is 264 g/mol. The van der Waals surface area contributed by atoms with Gasteiger partial charge in [-0.25, -0.2) is 4.79 Å². The molecule has 0 unspecified atom stereocenters. The van der Waals surface area contributed by atoms with E-state index in [1.165, 1.54) is 0 Å². The summed E-state index contributed by atoms with van der Waals surface area (Å²) in [7, 11) is 0. The van der Waals surface area contributed by atoms with E-state index in [4.69, 9.17) is 5.11 Å². The highest BCUT2D eigenvalue weighted by atomic mass is 16.4. The molecule has 5 heteroatoms. The van der Waals surface area contributed by atoms with E-state index < -0.39 is 11.5 Å². The molecule has 1 aromatic heterocycles. The minimum Gasteiger partial charge on any atom is -0.480 e. The molecule has 1 aliphatic rings. The lowest BCUT2D eigenvalue weighted by Crippen LogP contribution is -2.43. The number of carboxylic acid groups (broad SMARTS) is 1. The maximum atomic E-state index is 12.2. The van der Waals surface area contributed by atoms with Gasteiger partial charge in [0.25, 0.3) is 5.91 Å². The minimum absolute atomic E-state index is 0.274. The average molecular weight is 264 g/mol. The van der Waals surface area contributed by atoms with Crippen molar-refractivity contribution in [2.45, 2.75) is 52.1 Å². The molecular weight excluding hydrogens is 244 g/mol. The van der Waals surface area contributed by atoms with E-state index in [2.05, 4.69) is 23.7 Å². The third-order valence-corrected chi connectivity index (χ3v) is 3.76. The molecule has 0 radical (unpaired) electrons. The van der Waals surface area contributed by atoms with Crippen molar-refractivity contribution in [3.8, 4) is 0 Å². The van der Waals surface area contributed by atoms with Gasteiger partial charge in [-0.05, 0) is 46.6 Å². The first-order chi connectivity index (χ1) is 8.78. The molecule has 1 aliphatic carbocycles. The van der Waals surface area contributed by atoms with Gasteiger partial charge in [-0.1, -0.05) is 0 Å². The molecule has 19 heavy (non-hydrogen) atoms. The Balaban J connectivity index is 2.26. The van der Waals surface area contributed by atoms with Crippen molar-refractivity contribution in [2.24, 2.45) is 0 Å². The fourth-order valence-corrected chi connectivity index (χ4v) is 2.60. The quantitative estimate of drug-likeness (QED) is 0.874. The van der Waals surface area contributed by atoms with Crippen LogP contribution < -0.4 is 5.32 Å². The van der Waals surface area contributed by atoms with E-state index in [0.717, 1.165) is 11.4 Å². The zero-order chi connectivity index (χ0) is 14.4. The van der Waals surface area contributed by atoms with Gasteiger partial charge in [0.05, 0.1) is 5.56 Å². The number of rotatable bonds is 4. The van der Waals surface area contributed by atoms with Crippen LogP contribution in [0.25, 0.3) is 0 Å². The van der Waals surface area contributed by atoms with Gasteiger partial charge in [-0.3, -0.25) is 4.79 Å². The zero-order valence-electron chi connectivity index (χ0n) is 11.8. The number of carboxylic acids is 1. The topological polar surface area (TPSA) is 71.3 Å². The first kappa shape index (κ1) is 13.6. The van der Waals surface area contributed by atoms with Crippen LogP contribution in [-0.4, -0.2) is 27.1 Å². The van der Waals surface area contributed by atoms with Crippen LogP contribution in [0.15, 0.2) is 6.07 Å². The smallest absolute Gasteiger partial charge is 0.329 e. The number of aryl methyl sites for hydroxylation is 1. The molecular formula is C14H20N2O3. The molecule has 104 valence electrons. The Morgan fingerprint density at radius 1 is 1.37 bits per heavy atom. The van der Waals surface area contributed by atoms with E-state index in [9.17, 15) is 9.59 Å². The summed E-state index contributed by atoms with van der Waals surface area (Å²) in [5, 5.41) is 11.7. The van der Waals surface area contributed by atoms with E-state index in [1.54, 1.807) is 0 Å². The Morgan fingerprint density at radius 2 is 1.95 bits per heavy atom. The summed E-state index contributed by atoms with van der Waals surface area (Å²) in [5.41, 5.74) is 1.43. The van der Waals surface area contributed by atoms with Crippen LogP contribution in [0.2, 0.25) is 0 Å². The number of amides is 1. The molecule has 1 heterocycles. The zero-order valence-corrected chi connectivity index (χ0v) is 11.8. The van der Waals surface area contributed by atoms with Crippen LogP contribution in [-0.2, 0) is 4.79 Å². The van der Waals surface area contributed by atoms with E-state index in [0.29, 0.717) is 18.4 Å². The first-order valence-corrected chi connectivity index (χ1v) is 6.53. The van der Waals surface area contributed by atoms with Gasteiger partial charge in [-0.15, -0.1) is 0 Å². The van der Waals surface area contributed by atoms with Crippen LogP contribution in [0, 0.1) is 13.8 Å². The molecule has 2 N–H and O–H groups in total. The van der Waals surface area contributed by atoms with Crippen LogP contribution in [0.1, 0.15) is 54.5 Å². The predicted molar refractivity (Wildman–Crippen MR) is 71.4 cm³/mol. The van der Waals surface area contributed by atoms with Crippen LogP contribution in [0.4, 0.5) is 0 Å². The molecule has 1 fully saturated rings. The Bertz CT molecular complexity index is 539. The van der Waals surface area contributed by atoms with Crippen LogP contribution in [0.5, 0.6) is 0 Å². The maximum absolute atomic E-state index is 12.2. The molecule has 2 rings (SSSR count). The largest absolute Gasteiger partial charge is 0.480 e.